The summed E-state index contributed by atoms with van der Waals surface area (Å²) in [5.74, 6) is 0.531. The maximum Gasteiger partial charge on any atom is 0.319 e. The normalized spacial score (nSPS) is 18.6. The molecule has 2 heterocycles. The number of urea groups is 1. The number of hydrogen-bond acceptors (Lipinski definition) is 4. The number of anilines is 1. The topological polar surface area (TPSA) is 71.4 Å². The van der Waals surface area contributed by atoms with Gasteiger partial charge in [-0.05, 0) is 32.2 Å². The molecule has 22 heavy (non-hydrogen) atoms. The van der Waals surface area contributed by atoms with Gasteiger partial charge < -0.3 is 20.3 Å². The largest absolute Gasteiger partial charge is 0.385 e. The Morgan fingerprint density at radius 3 is 3.05 bits per heavy atom. The number of likely N-dealkylation sites (tertiary alicyclic amines) is 1. The van der Waals surface area contributed by atoms with Gasteiger partial charge in [0.25, 0.3) is 0 Å². The van der Waals surface area contributed by atoms with E-state index in [9.17, 15) is 4.79 Å². The summed E-state index contributed by atoms with van der Waals surface area (Å²) in [4.78, 5) is 14.4. The Labute approximate surface area is 132 Å². The Morgan fingerprint density at radius 2 is 2.36 bits per heavy atom. The van der Waals surface area contributed by atoms with Crippen molar-refractivity contribution in [1.82, 2.24) is 20.0 Å². The zero-order valence-corrected chi connectivity index (χ0v) is 13.8. The van der Waals surface area contributed by atoms with Crippen LogP contribution in [0.25, 0.3) is 0 Å². The van der Waals surface area contributed by atoms with E-state index in [2.05, 4.69) is 20.6 Å². The van der Waals surface area contributed by atoms with E-state index in [1.165, 1.54) is 0 Å². The first kappa shape index (κ1) is 16.8. The first-order valence-electron chi connectivity index (χ1n) is 7.85. The standard InChI is InChI=1S/C15H27N5O2/c1-12-14(10-17-19(12)2)18-15(21)16-9-13-5-7-20(11-13)6-4-8-22-3/h10,13H,4-9,11H2,1-3H3,(H2,16,18,21). The molecule has 7 heteroatoms. The van der Waals surface area contributed by atoms with E-state index in [-0.39, 0.29) is 6.03 Å². The number of amides is 2. The van der Waals surface area contributed by atoms with Crippen molar-refractivity contribution in [3.63, 3.8) is 0 Å². The van der Waals surface area contributed by atoms with Crippen LogP contribution in [0.5, 0.6) is 0 Å². The molecule has 1 saturated heterocycles. The molecule has 1 aromatic heterocycles. The van der Waals surface area contributed by atoms with Gasteiger partial charge in [-0.25, -0.2) is 4.79 Å². The van der Waals surface area contributed by atoms with E-state index >= 15 is 0 Å². The summed E-state index contributed by atoms with van der Waals surface area (Å²) < 4.78 is 6.82. The number of carbonyl (C=O) groups excluding carboxylic acids is 1. The van der Waals surface area contributed by atoms with Crippen LogP contribution in [0.15, 0.2) is 6.20 Å². The summed E-state index contributed by atoms with van der Waals surface area (Å²) in [7, 11) is 3.59. The number of hydrogen-bond donors (Lipinski definition) is 2. The predicted molar refractivity (Wildman–Crippen MR) is 86.0 cm³/mol. The van der Waals surface area contributed by atoms with Crippen molar-refractivity contribution in [2.24, 2.45) is 13.0 Å². The van der Waals surface area contributed by atoms with Crippen LogP contribution in [-0.2, 0) is 11.8 Å². The number of carbonyl (C=O) groups is 1. The quantitative estimate of drug-likeness (QED) is 0.743. The molecule has 0 spiro atoms. The lowest BCUT2D eigenvalue weighted by Gasteiger charge is -2.16. The van der Waals surface area contributed by atoms with E-state index in [1.54, 1.807) is 18.0 Å². The SMILES string of the molecule is COCCCN1CCC(CNC(=O)Nc2cnn(C)c2C)C1. The van der Waals surface area contributed by atoms with Crippen LogP contribution < -0.4 is 10.6 Å². The van der Waals surface area contributed by atoms with E-state index in [1.807, 2.05) is 14.0 Å². The Morgan fingerprint density at radius 1 is 1.55 bits per heavy atom. The van der Waals surface area contributed by atoms with Gasteiger partial charge in [-0.2, -0.15) is 5.10 Å². The van der Waals surface area contributed by atoms with Crippen molar-refractivity contribution >= 4 is 11.7 Å². The second-order valence-corrected chi connectivity index (χ2v) is 5.90. The minimum absolute atomic E-state index is 0.158. The molecular formula is C15H27N5O2. The van der Waals surface area contributed by atoms with Crippen LogP contribution in [0.3, 0.4) is 0 Å². The molecule has 1 aliphatic rings. The molecule has 0 aliphatic carbocycles. The van der Waals surface area contributed by atoms with Gasteiger partial charge in [-0.15, -0.1) is 0 Å². The summed E-state index contributed by atoms with van der Waals surface area (Å²) in [6, 6.07) is -0.158. The molecule has 124 valence electrons. The molecule has 0 aromatic carbocycles. The molecule has 1 atom stereocenters. The van der Waals surface area contributed by atoms with Gasteiger partial charge in [0.05, 0.1) is 17.6 Å². The maximum absolute atomic E-state index is 11.9. The molecule has 0 radical (unpaired) electrons. The van der Waals surface area contributed by atoms with Crippen molar-refractivity contribution in [2.75, 3.05) is 45.2 Å². The van der Waals surface area contributed by atoms with Gasteiger partial charge in [-0.1, -0.05) is 0 Å². The lowest BCUT2D eigenvalue weighted by Crippen LogP contribution is -2.34. The summed E-state index contributed by atoms with van der Waals surface area (Å²) in [6.07, 6.45) is 3.87. The number of nitrogens with one attached hydrogen (secondary N) is 2. The Balaban J connectivity index is 1.66. The van der Waals surface area contributed by atoms with Crippen LogP contribution >= 0.6 is 0 Å². The Kier molecular flexibility index (Phi) is 6.21. The number of aromatic nitrogens is 2. The zero-order valence-electron chi connectivity index (χ0n) is 13.8. The smallest absolute Gasteiger partial charge is 0.319 e. The van der Waals surface area contributed by atoms with Crippen LogP contribution in [-0.4, -0.2) is 60.6 Å². The number of nitrogens with zero attached hydrogens (tertiary/aromatic N) is 3. The third-order valence-corrected chi connectivity index (χ3v) is 4.23. The predicted octanol–water partition coefficient (Wildman–Crippen LogP) is 1.21. The average molecular weight is 309 g/mol. The molecular weight excluding hydrogens is 282 g/mol. The van der Waals surface area contributed by atoms with Crippen molar-refractivity contribution in [3.05, 3.63) is 11.9 Å². The van der Waals surface area contributed by atoms with Gasteiger partial charge in [0.2, 0.25) is 0 Å². The molecule has 1 unspecified atom stereocenters. The fourth-order valence-corrected chi connectivity index (χ4v) is 2.74. The van der Waals surface area contributed by atoms with E-state index in [0.29, 0.717) is 12.5 Å². The number of ether oxygens (including phenoxy) is 1. The Hall–Kier alpha value is -1.60. The van der Waals surface area contributed by atoms with E-state index in [4.69, 9.17) is 4.74 Å². The minimum Gasteiger partial charge on any atom is -0.385 e. The fourth-order valence-electron chi connectivity index (χ4n) is 2.74. The van der Waals surface area contributed by atoms with Crippen LogP contribution in [0.1, 0.15) is 18.5 Å². The van der Waals surface area contributed by atoms with E-state index in [0.717, 1.165) is 50.5 Å². The van der Waals surface area contributed by atoms with Gasteiger partial charge in [0, 0.05) is 40.4 Å². The van der Waals surface area contributed by atoms with Crippen LogP contribution in [0.2, 0.25) is 0 Å². The Bertz CT molecular complexity index is 488. The molecule has 1 fully saturated rings. The van der Waals surface area contributed by atoms with Gasteiger partial charge >= 0.3 is 6.03 Å². The number of methoxy groups -OCH3 is 1. The van der Waals surface area contributed by atoms with Gasteiger partial charge in [-0.3, -0.25) is 4.68 Å². The molecule has 2 N–H and O–H groups in total. The third-order valence-electron chi connectivity index (χ3n) is 4.23. The lowest BCUT2D eigenvalue weighted by molar-refractivity contribution is 0.178. The second-order valence-electron chi connectivity index (χ2n) is 5.90. The van der Waals surface area contributed by atoms with Gasteiger partial charge in [0.15, 0.2) is 0 Å². The summed E-state index contributed by atoms with van der Waals surface area (Å²) in [5.41, 5.74) is 1.70. The van der Waals surface area contributed by atoms with Crippen LogP contribution in [0, 0.1) is 12.8 Å². The first-order chi connectivity index (χ1) is 10.6. The molecule has 2 rings (SSSR count). The summed E-state index contributed by atoms with van der Waals surface area (Å²) in [5, 5.41) is 9.91. The monoisotopic (exact) mass is 309 g/mol. The maximum atomic E-state index is 11.9. The highest BCUT2D eigenvalue weighted by Gasteiger charge is 2.22. The van der Waals surface area contributed by atoms with Crippen LogP contribution in [0.4, 0.5) is 10.5 Å². The van der Waals surface area contributed by atoms with E-state index < -0.39 is 0 Å². The van der Waals surface area contributed by atoms with Crippen molar-refractivity contribution in [3.8, 4) is 0 Å². The van der Waals surface area contributed by atoms with Crippen molar-refractivity contribution in [1.29, 1.82) is 0 Å². The highest BCUT2D eigenvalue weighted by molar-refractivity contribution is 5.89. The fraction of sp³-hybridized carbons (Fsp3) is 0.733. The molecule has 0 bridgehead atoms. The molecule has 0 saturated carbocycles. The second kappa shape index (κ2) is 8.14. The van der Waals surface area contributed by atoms with Crippen molar-refractivity contribution in [2.45, 2.75) is 19.8 Å². The zero-order chi connectivity index (χ0) is 15.9. The summed E-state index contributed by atoms with van der Waals surface area (Å²) in [6.45, 7) is 6.69. The molecule has 7 nitrogen and oxygen atoms in total. The molecule has 1 aliphatic heterocycles. The summed E-state index contributed by atoms with van der Waals surface area (Å²) >= 11 is 0. The highest BCUT2D eigenvalue weighted by Crippen LogP contribution is 2.16. The number of aryl methyl sites for hydroxylation is 1. The lowest BCUT2D eigenvalue weighted by atomic mass is 10.1. The highest BCUT2D eigenvalue weighted by atomic mass is 16.5. The third kappa shape index (κ3) is 4.71. The molecule has 1 aromatic rings. The average Bonchev–Trinajstić information content (AvgIpc) is 3.07. The first-order valence-corrected chi connectivity index (χ1v) is 7.85. The minimum atomic E-state index is -0.158. The van der Waals surface area contributed by atoms with Crippen molar-refractivity contribution < 1.29 is 9.53 Å². The van der Waals surface area contributed by atoms with Gasteiger partial charge in [0.1, 0.15) is 0 Å². The molecule has 2 amide bonds. The number of rotatable bonds is 7.